The van der Waals surface area contributed by atoms with E-state index in [1.54, 1.807) is 11.8 Å². The van der Waals surface area contributed by atoms with Crippen LogP contribution in [0.3, 0.4) is 0 Å². The van der Waals surface area contributed by atoms with Gasteiger partial charge in [-0.3, -0.25) is 14.5 Å². The Morgan fingerprint density at radius 2 is 1.56 bits per heavy atom. The predicted octanol–water partition coefficient (Wildman–Crippen LogP) is 6.11. The summed E-state index contributed by atoms with van der Waals surface area (Å²) in [6.45, 7) is 9.27. The molecule has 2 aliphatic rings. The van der Waals surface area contributed by atoms with E-state index in [1.807, 2.05) is 53.4 Å². The average molecular weight is 603 g/mol. The second-order valence-corrected chi connectivity index (χ2v) is 12.0. The lowest BCUT2D eigenvalue weighted by molar-refractivity contribution is -0.116. The molecule has 7 nitrogen and oxygen atoms in total. The number of ether oxygens (including phenoxy) is 1. The molecule has 3 aromatic rings. The molecule has 0 bridgehead atoms. The number of rotatable bonds is 8. The van der Waals surface area contributed by atoms with Crippen molar-refractivity contribution in [2.24, 2.45) is 0 Å². The van der Waals surface area contributed by atoms with Crippen molar-refractivity contribution >= 4 is 29.1 Å². The van der Waals surface area contributed by atoms with E-state index in [-0.39, 0.29) is 11.8 Å². The van der Waals surface area contributed by atoms with Gasteiger partial charge in [0, 0.05) is 57.8 Å². The SMILES string of the molecule is CC(=O)N1CCCN(Cc2ccccc2)CCN(C(=O)c2ccccc2OCCCN2CCCC2)Cc2ccc(Cl)cc21. The fourth-order valence-electron chi connectivity index (χ4n) is 6.07. The minimum atomic E-state index is -0.0793. The van der Waals surface area contributed by atoms with Crippen molar-refractivity contribution in [1.29, 1.82) is 0 Å². The van der Waals surface area contributed by atoms with Gasteiger partial charge in [0.05, 0.1) is 17.9 Å². The van der Waals surface area contributed by atoms with Crippen molar-refractivity contribution in [3.05, 3.63) is 94.5 Å². The fraction of sp³-hybridized carbons (Fsp3) is 0.429. The van der Waals surface area contributed by atoms with Crippen LogP contribution in [0.25, 0.3) is 0 Å². The summed E-state index contributed by atoms with van der Waals surface area (Å²) in [5.41, 5.74) is 3.45. The second kappa shape index (κ2) is 15.4. The molecule has 228 valence electrons. The smallest absolute Gasteiger partial charge is 0.257 e. The molecule has 5 rings (SSSR count). The molecule has 0 spiro atoms. The van der Waals surface area contributed by atoms with Crippen LogP contribution >= 0.6 is 11.6 Å². The molecule has 1 fully saturated rings. The summed E-state index contributed by atoms with van der Waals surface area (Å²) in [5.74, 6) is 0.498. The lowest BCUT2D eigenvalue weighted by Gasteiger charge is -2.29. The highest BCUT2D eigenvalue weighted by Crippen LogP contribution is 2.29. The number of halogens is 1. The number of hydrogen-bond donors (Lipinski definition) is 0. The van der Waals surface area contributed by atoms with Gasteiger partial charge in [-0.1, -0.05) is 60.1 Å². The average Bonchev–Trinajstić information content (AvgIpc) is 3.53. The normalized spacial score (nSPS) is 16.9. The molecule has 1 saturated heterocycles. The van der Waals surface area contributed by atoms with Crippen LogP contribution in [0, 0.1) is 0 Å². The first-order chi connectivity index (χ1) is 21.0. The van der Waals surface area contributed by atoms with Gasteiger partial charge in [0.25, 0.3) is 5.91 Å². The fourth-order valence-corrected chi connectivity index (χ4v) is 6.24. The third-order valence-corrected chi connectivity index (χ3v) is 8.59. The van der Waals surface area contributed by atoms with Crippen LogP contribution < -0.4 is 9.64 Å². The van der Waals surface area contributed by atoms with Crippen LogP contribution in [0.15, 0.2) is 72.8 Å². The van der Waals surface area contributed by atoms with Gasteiger partial charge in [0.2, 0.25) is 5.91 Å². The molecule has 0 atom stereocenters. The highest BCUT2D eigenvalue weighted by atomic mass is 35.5. The van der Waals surface area contributed by atoms with Crippen molar-refractivity contribution in [2.75, 3.05) is 57.3 Å². The molecule has 3 aromatic carbocycles. The minimum Gasteiger partial charge on any atom is -0.493 e. The van der Waals surface area contributed by atoms with E-state index in [9.17, 15) is 9.59 Å². The largest absolute Gasteiger partial charge is 0.493 e. The molecule has 2 aliphatic heterocycles. The van der Waals surface area contributed by atoms with Gasteiger partial charge in [-0.05, 0) is 74.2 Å². The van der Waals surface area contributed by atoms with E-state index in [0.717, 1.165) is 43.7 Å². The monoisotopic (exact) mass is 602 g/mol. The van der Waals surface area contributed by atoms with Gasteiger partial charge in [-0.2, -0.15) is 0 Å². The summed E-state index contributed by atoms with van der Waals surface area (Å²) < 4.78 is 6.21. The first-order valence-electron chi connectivity index (χ1n) is 15.5. The molecule has 2 amide bonds. The summed E-state index contributed by atoms with van der Waals surface area (Å²) in [6, 6.07) is 23.6. The van der Waals surface area contributed by atoms with Crippen LogP contribution in [0.1, 0.15) is 54.1 Å². The lowest BCUT2D eigenvalue weighted by atomic mass is 10.1. The molecular weight excluding hydrogens is 560 g/mol. The zero-order valence-corrected chi connectivity index (χ0v) is 26.0. The molecule has 0 saturated carbocycles. The molecule has 43 heavy (non-hydrogen) atoms. The van der Waals surface area contributed by atoms with E-state index >= 15 is 0 Å². The Balaban J connectivity index is 1.39. The lowest BCUT2D eigenvalue weighted by Crippen LogP contribution is -2.38. The Bertz CT molecular complexity index is 1360. The van der Waals surface area contributed by atoms with Gasteiger partial charge in [0.1, 0.15) is 5.75 Å². The van der Waals surface area contributed by atoms with Crippen molar-refractivity contribution in [1.82, 2.24) is 14.7 Å². The predicted molar refractivity (Wildman–Crippen MR) is 173 cm³/mol. The molecule has 0 unspecified atom stereocenters. The standard InChI is InChI=1S/C35H43ClN4O3/c1-28(41)40-21-9-19-38(26-29-11-3-2-4-12-29)22-23-39(27-30-15-16-31(36)25-33(30)40)35(42)32-13-5-6-14-34(32)43-24-10-20-37-17-7-8-18-37/h2-6,11-16,25H,7-10,17-24,26-27H2,1H3. The van der Waals surface area contributed by atoms with E-state index in [1.165, 1.54) is 31.5 Å². The summed E-state index contributed by atoms with van der Waals surface area (Å²) >= 11 is 6.43. The van der Waals surface area contributed by atoms with Gasteiger partial charge >= 0.3 is 0 Å². The number of benzene rings is 3. The number of hydrogen-bond acceptors (Lipinski definition) is 5. The number of para-hydroxylation sites is 1. The summed E-state index contributed by atoms with van der Waals surface area (Å²) in [7, 11) is 0. The third-order valence-electron chi connectivity index (χ3n) is 8.35. The van der Waals surface area contributed by atoms with E-state index in [0.29, 0.717) is 49.1 Å². The van der Waals surface area contributed by atoms with Crippen molar-refractivity contribution < 1.29 is 14.3 Å². The Morgan fingerprint density at radius 3 is 2.35 bits per heavy atom. The Hall–Kier alpha value is -3.39. The third kappa shape index (κ3) is 8.59. The number of likely N-dealkylation sites (tertiary alicyclic amines) is 1. The number of amides is 2. The summed E-state index contributed by atoms with van der Waals surface area (Å²) in [5, 5.41) is 0.566. The molecule has 2 heterocycles. The maximum atomic E-state index is 14.3. The molecular formula is C35H43ClN4O3. The van der Waals surface area contributed by atoms with Gasteiger partial charge in [0.15, 0.2) is 0 Å². The second-order valence-electron chi connectivity index (χ2n) is 11.5. The van der Waals surface area contributed by atoms with E-state index in [2.05, 4.69) is 34.1 Å². The van der Waals surface area contributed by atoms with Crippen LogP contribution in [-0.4, -0.2) is 78.9 Å². The van der Waals surface area contributed by atoms with Gasteiger partial charge < -0.3 is 19.4 Å². The van der Waals surface area contributed by atoms with E-state index < -0.39 is 0 Å². The number of nitrogens with zero attached hydrogens (tertiary/aromatic N) is 4. The van der Waals surface area contributed by atoms with Crippen molar-refractivity contribution in [3.63, 3.8) is 0 Å². The molecule has 8 heteroatoms. The zero-order valence-electron chi connectivity index (χ0n) is 25.2. The highest BCUT2D eigenvalue weighted by molar-refractivity contribution is 6.31. The minimum absolute atomic E-state index is 0.0390. The Labute approximate surface area is 261 Å². The van der Waals surface area contributed by atoms with Gasteiger partial charge in [-0.15, -0.1) is 0 Å². The van der Waals surface area contributed by atoms with Crippen molar-refractivity contribution in [3.8, 4) is 5.75 Å². The number of carbonyl (C=O) groups is 2. The van der Waals surface area contributed by atoms with Gasteiger partial charge in [-0.25, -0.2) is 0 Å². The number of anilines is 1. The maximum Gasteiger partial charge on any atom is 0.257 e. The maximum absolute atomic E-state index is 14.3. The van der Waals surface area contributed by atoms with Crippen LogP contribution in [0.4, 0.5) is 5.69 Å². The van der Waals surface area contributed by atoms with Crippen LogP contribution in [0.5, 0.6) is 5.75 Å². The quantitative estimate of drug-likeness (QED) is 0.291. The van der Waals surface area contributed by atoms with Crippen LogP contribution in [-0.2, 0) is 17.9 Å². The molecule has 0 aromatic heterocycles. The Morgan fingerprint density at radius 1 is 0.814 bits per heavy atom. The van der Waals surface area contributed by atoms with E-state index in [4.69, 9.17) is 16.3 Å². The highest BCUT2D eigenvalue weighted by Gasteiger charge is 2.25. The topological polar surface area (TPSA) is 56.3 Å². The zero-order chi connectivity index (χ0) is 30.0. The van der Waals surface area contributed by atoms with Crippen molar-refractivity contribution in [2.45, 2.75) is 45.7 Å². The molecule has 0 radical (unpaired) electrons. The number of fused-ring (bicyclic) bond motifs is 1. The first-order valence-corrected chi connectivity index (χ1v) is 15.9. The van der Waals surface area contributed by atoms with Crippen LogP contribution in [0.2, 0.25) is 5.02 Å². The summed E-state index contributed by atoms with van der Waals surface area (Å²) in [6.07, 6.45) is 4.28. The Kier molecular flexibility index (Phi) is 11.1. The molecule has 0 aliphatic carbocycles. The summed E-state index contributed by atoms with van der Waals surface area (Å²) in [4.78, 5) is 35.7. The molecule has 0 N–H and O–H groups in total. The number of carbonyl (C=O) groups excluding carboxylic acids is 2. The first kappa shape index (κ1) is 31.0.